The normalized spacial score (nSPS) is 37.6. The Morgan fingerprint density at radius 3 is 2.24 bits per heavy atom. The Morgan fingerprint density at radius 2 is 1.66 bits per heavy atom. The Kier molecular flexibility index (Phi) is 5.54. The number of nitrogens with zero attached hydrogens (tertiary/aromatic N) is 3. The highest BCUT2D eigenvalue weighted by atomic mass is 19.1. The van der Waals surface area contributed by atoms with Crippen LogP contribution in [0.1, 0.15) is 57.8 Å². The van der Waals surface area contributed by atoms with E-state index in [1.54, 1.807) is 0 Å². The van der Waals surface area contributed by atoms with Crippen LogP contribution in [0.15, 0.2) is 0 Å². The topological polar surface area (TPSA) is 76.4 Å². The van der Waals surface area contributed by atoms with Gasteiger partial charge in [0.1, 0.15) is 18.4 Å². The molecule has 0 aromatic heterocycles. The molecule has 0 spiro atoms. The Morgan fingerprint density at radius 1 is 1.03 bits per heavy atom. The monoisotopic (exact) mass is 408 g/mol. The predicted molar refractivity (Wildman–Crippen MR) is 102 cm³/mol. The van der Waals surface area contributed by atoms with Gasteiger partial charge in [0.2, 0.25) is 11.8 Å². The number of amides is 2. The van der Waals surface area contributed by atoms with Crippen LogP contribution in [0.2, 0.25) is 0 Å². The average molecular weight is 408 g/mol. The molecule has 1 N–H and O–H groups in total. The lowest BCUT2D eigenvalue weighted by molar-refractivity contribution is -0.151. The number of piperidine rings is 1. The SMILES string of the molecule is N#C[C@@H]1C[C@H](F)CN1C(=O)CNC12CCC(C(=O)N3CCC(F)CC3)(CC1)CC2. The number of halogens is 2. The average Bonchev–Trinajstić information content (AvgIpc) is 3.14. The van der Waals surface area contributed by atoms with E-state index in [4.69, 9.17) is 5.26 Å². The maximum Gasteiger partial charge on any atom is 0.237 e. The Labute approximate surface area is 170 Å². The predicted octanol–water partition coefficient (Wildman–Crippen LogP) is 2.09. The standard InChI is InChI=1S/C21H30F2N4O2/c22-15-1-9-26(10-2-15)19(29)20-3-6-21(7-4-20,8-5-20)25-13-18(28)27-14-16(23)11-17(27)12-24/h15-17,25H,1-11,13-14H2/t16-,17-,20?,21?/m0/s1. The largest absolute Gasteiger partial charge is 0.342 e. The summed E-state index contributed by atoms with van der Waals surface area (Å²) in [5.41, 5.74) is -0.473. The summed E-state index contributed by atoms with van der Waals surface area (Å²) in [6.45, 7) is 1.14. The minimum Gasteiger partial charge on any atom is -0.342 e. The van der Waals surface area contributed by atoms with Crippen molar-refractivity contribution in [1.29, 1.82) is 5.26 Å². The summed E-state index contributed by atoms with van der Waals surface area (Å²) < 4.78 is 27.0. The number of fused-ring (bicyclic) bond motifs is 3. The minimum absolute atomic E-state index is 0.00107. The summed E-state index contributed by atoms with van der Waals surface area (Å²) in [4.78, 5) is 28.9. The molecule has 3 saturated carbocycles. The second-order valence-corrected chi connectivity index (χ2v) is 9.41. The third-order valence-electron chi connectivity index (χ3n) is 7.75. The molecule has 5 aliphatic rings. The van der Waals surface area contributed by atoms with E-state index in [1.807, 2.05) is 11.0 Å². The van der Waals surface area contributed by atoms with Crippen molar-refractivity contribution in [2.24, 2.45) is 5.41 Å². The lowest BCUT2D eigenvalue weighted by Crippen LogP contribution is -2.60. The van der Waals surface area contributed by atoms with E-state index in [2.05, 4.69) is 5.32 Å². The highest BCUT2D eigenvalue weighted by molar-refractivity contribution is 5.83. The zero-order valence-electron chi connectivity index (χ0n) is 16.8. The molecular formula is C21H30F2N4O2. The van der Waals surface area contributed by atoms with Gasteiger partial charge in [-0.15, -0.1) is 0 Å². The number of carbonyl (C=O) groups excluding carboxylic acids is 2. The lowest BCUT2D eigenvalue weighted by Gasteiger charge is -2.54. The molecule has 8 heteroatoms. The maximum atomic E-state index is 13.6. The quantitative estimate of drug-likeness (QED) is 0.773. The van der Waals surface area contributed by atoms with Crippen LogP contribution in [0.25, 0.3) is 0 Å². The molecular weight excluding hydrogens is 378 g/mol. The minimum atomic E-state index is -1.12. The van der Waals surface area contributed by atoms with Crippen molar-refractivity contribution in [3.63, 3.8) is 0 Å². The van der Waals surface area contributed by atoms with E-state index in [9.17, 15) is 18.4 Å². The Hall–Kier alpha value is -1.75. The van der Waals surface area contributed by atoms with Crippen molar-refractivity contribution >= 4 is 11.8 Å². The molecule has 2 amide bonds. The second-order valence-electron chi connectivity index (χ2n) is 9.41. The Balaban J connectivity index is 1.31. The van der Waals surface area contributed by atoms with Gasteiger partial charge in [-0.25, -0.2) is 8.78 Å². The first-order chi connectivity index (χ1) is 13.9. The van der Waals surface area contributed by atoms with Crippen molar-refractivity contribution in [3.05, 3.63) is 0 Å². The molecule has 5 fully saturated rings. The van der Waals surface area contributed by atoms with Gasteiger partial charge in [0.25, 0.3) is 0 Å². The van der Waals surface area contributed by atoms with Gasteiger partial charge in [-0.3, -0.25) is 9.59 Å². The smallest absolute Gasteiger partial charge is 0.237 e. The second kappa shape index (κ2) is 7.82. The third kappa shape index (κ3) is 3.86. The van der Waals surface area contributed by atoms with Crippen molar-refractivity contribution in [2.45, 2.75) is 81.7 Å². The van der Waals surface area contributed by atoms with Crippen LogP contribution in [0.5, 0.6) is 0 Å². The van der Waals surface area contributed by atoms with Crippen molar-refractivity contribution in [2.75, 3.05) is 26.2 Å². The summed E-state index contributed by atoms with van der Waals surface area (Å²) in [6, 6.07) is 1.34. The third-order valence-corrected chi connectivity index (χ3v) is 7.75. The van der Waals surface area contributed by atoms with Gasteiger partial charge in [0.15, 0.2) is 0 Å². The number of hydrogen-bond acceptors (Lipinski definition) is 4. The van der Waals surface area contributed by atoms with Crippen molar-refractivity contribution in [1.82, 2.24) is 15.1 Å². The van der Waals surface area contributed by atoms with Crippen LogP contribution in [-0.2, 0) is 9.59 Å². The van der Waals surface area contributed by atoms with Crippen LogP contribution in [-0.4, -0.2) is 71.7 Å². The summed E-state index contributed by atoms with van der Waals surface area (Å²) in [6.07, 6.45) is 3.94. The number of likely N-dealkylation sites (tertiary alicyclic amines) is 2. The molecule has 2 saturated heterocycles. The van der Waals surface area contributed by atoms with Gasteiger partial charge < -0.3 is 15.1 Å². The maximum absolute atomic E-state index is 13.6. The first-order valence-corrected chi connectivity index (χ1v) is 10.9. The molecule has 5 rings (SSSR count). The summed E-state index contributed by atoms with van der Waals surface area (Å²) in [7, 11) is 0. The number of carbonyl (C=O) groups is 2. The highest BCUT2D eigenvalue weighted by Crippen LogP contribution is 2.53. The van der Waals surface area contributed by atoms with Gasteiger partial charge >= 0.3 is 0 Å². The first-order valence-electron chi connectivity index (χ1n) is 10.9. The van der Waals surface area contributed by atoms with Crippen LogP contribution in [0, 0.1) is 16.7 Å². The van der Waals surface area contributed by atoms with Crippen LogP contribution >= 0.6 is 0 Å². The van der Waals surface area contributed by atoms with Gasteiger partial charge in [-0.2, -0.15) is 5.26 Å². The van der Waals surface area contributed by atoms with E-state index in [0.29, 0.717) is 25.9 Å². The molecule has 160 valence electrons. The molecule has 2 aliphatic heterocycles. The molecule has 6 nitrogen and oxygen atoms in total. The molecule has 0 radical (unpaired) electrons. The van der Waals surface area contributed by atoms with Crippen LogP contribution < -0.4 is 5.32 Å². The molecule has 0 aromatic rings. The molecule has 2 heterocycles. The molecule has 29 heavy (non-hydrogen) atoms. The lowest BCUT2D eigenvalue weighted by atomic mass is 9.56. The highest BCUT2D eigenvalue weighted by Gasteiger charge is 2.53. The van der Waals surface area contributed by atoms with E-state index in [-0.39, 0.29) is 42.3 Å². The summed E-state index contributed by atoms with van der Waals surface area (Å²) in [5, 5.41) is 12.5. The fourth-order valence-corrected chi connectivity index (χ4v) is 5.71. The Bertz CT molecular complexity index is 677. The van der Waals surface area contributed by atoms with Crippen molar-refractivity contribution < 1.29 is 18.4 Å². The van der Waals surface area contributed by atoms with Crippen molar-refractivity contribution in [3.8, 4) is 6.07 Å². The number of nitrogens with one attached hydrogen (secondary N) is 1. The number of hydrogen-bond donors (Lipinski definition) is 1. The first kappa shape index (κ1) is 20.5. The summed E-state index contributed by atoms with van der Waals surface area (Å²) >= 11 is 0. The number of alkyl halides is 2. The van der Waals surface area contributed by atoms with Gasteiger partial charge in [-0.1, -0.05) is 0 Å². The molecule has 3 aliphatic carbocycles. The zero-order chi connectivity index (χ0) is 20.6. The van der Waals surface area contributed by atoms with Crippen LogP contribution in [0.3, 0.4) is 0 Å². The van der Waals surface area contributed by atoms with E-state index in [1.165, 1.54) is 4.90 Å². The molecule has 0 aromatic carbocycles. The number of nitriles is 1. The molecule has 2 atom stereocenters. The fourth-order valence-electron chi connectivity index (χ4n) is 5.71. The van der Waals surface area contributed by atoms with E-state index < -0.39 is 18.4 Å². The van der Waals surface area contributed by atoms with Crippen LogP contribution in [0.4, 0.5) is 8.78 Å². The van der Waals surface area contributed by atoms with Gasteiger partial charge in [0.05, 0.1) is 19.2 Å². The van der Waals surface area contributed by atoms with E-state index in [0.717, 1.165) is 38.5 Å². The summed E-state index contributed by atoms with van der Waals surface area (Å²) in [5.74, 6) is -0.0321. The van der Waals surface area contributed by atoms with Gasteiger partial charge in [0, 0.05) is 30.5 Å². The fraction of sp³-hybridized carbons (Fsp3) is 0.857. The van der Waals surface area contributed by atoms with E-state index >= 15 is 0 Å². The zero-order valence-corrected chi connectivity index (χ0v) is 16.8. The van der Waals surface area contributed by atoms with Gasteiger partial charge in [-0.05, 0) is 51.4 Å². The molecule has 2 bridgehead atoms. The molecule has 0 unspecified atom stereocenters. The number of rotatable bonds is 4.